The van der Waals surface area contributed by atoms with Gasteiger partial charge in [-0.15, -0.1) is 11.3 Å². The number of carbonyl (C=O) groups excluding carboxylic acids is 2. The van der Waals surface area contributed by atoms with Gasteiger partial charge in [-0.3, -0.25) is 9.59 Å². The summed E-state index contributed by atoms with van der Waals surface area (Å²) in [5.41, 5.74) is 3.07. The fourth-order valence-electron chi connectivity index (χ4n) is 4.09. The zero-order chi connectivity index (χ0) is 22.8. The maximum absolute atomic E-state index is 13.2. The van der Waals surface area contributed by atoms with Gasteiger partial charge in [-0.2, -0.15) is 5.10 Å². The zero-order valence-electron chi connectivity index (χ0n) is 18.8. The summed E-state index contributed by atoms with van der Waals surface area (Å²) in [6, 6.07) is 4.00. The van der Waals surface area contributed by atoms with Crippen molar-refractivity contribution in [1.29, 1.82) is 0 Å². The van der Waals surface area contributed by atoms with E-state index >= 15 is 0 Å². The monoisotopic (exact) mass is 453 g/mol. The Hall–Kier alpha value is -3.07. The van der Waals surface area contributed by atoms with Crippen LogP contribution in [0.4, 0.5) is 0 Å². The summed E-state index contributed by atoms with van der Waals surface area (Å²) in [7, 11) is 0. The van der Waals surface area contributed by atoms with Gasteiger partial charge in [-0.25, -0.2) is 14.6 Å². The number of nitrogens with zero attached hydrogens (tertiary/aromatic N) is 5. The van der Waals surface area contributed by atoms with Crippen LogP contribution in [0.3, 0.4) is 0 Å². The molecule has 9 heteroatoms. The van der Waals surface area contributed by atoms with Crippen molar-refractivity contribution in [2.24, 2.45) is 5.92 Å². The number of likely N-dealkylation sites (tertiary alicyclic amines) is 1. The van der Waals surface area contributed by atoms with Crippen LogP contribution in [-0.2, 0) is 9.53 Å². The first kappa shape index (κ1) is 22.1. The third-order valence-corrected chi connectivity index (χ3v) is 6.68. The first-order valence-corrected chi connectivity index (χ1v) is 11.6. The quantitative estimate of drug-likeness (QED) is 0.547. The molecule has 168 valence electrons. The first-order chi connectivity index (χ1) is 15.4. The third kappa shape index (κ3) is 4.29. The third-order valence-electron chi connectivity index (χ3n) is 5.72. The van der Waals surface area contributed by atoms with Crippen molar-refractivity contribution in [2.45, 2.75) is 40.5 Å². The molecule has 1 atom stereocenters. The standard InChI is InChI=1S/C23H27N5O3S/c1-5-31-22(30)17-7-6-10-27(13-17)21(29)19-12-25-28(15(19)3)23-24-9-8-20(26-23)18-11-14(2)32-16(18)4/h8-9,11-12,17H,5-7,10,13H2,1-4H3/t17-/m1/s1. The summed E-state index contributed by atoms with van der Waals surface area (Å²) in [5.74, 6) is -0.226. The molecular formula is C23H27N5O3S. The highest BCUT2D eigenvalue weighted by Crippen LogP contribution is 2.29. The van der Waals surface area contributed by atoms with Gasteiger partial charge < -0.3 is 9.64 Å². The number of aromatic nitrogens is 4. The predicted molar refractivity (Wildman–Crippen MR) is 122 cm³/mol. The van der Waals surface area contributed by atoms with Gasteiger partial charge in [0.1, 0.15) is 0 Å². The molecule has 0 aliphatic carbocycles. The minimum Gasteiger partial charge on any atom is -0.466 e. The lowest BCUT2D eigenvalue weighted by atomic mass is 9.97. The van der Waals surface area contributed by atoms with Crippen molar-refractivity contribution < 1.29 is 14.3 Å². The highest BCUT2D eigenvalue weighted by Gasteiger charge is 2.31. The van der Waals surface area contributed by atoms with Crippen LogP contribution in [0.15, 0.2) is 24.5 Å². The number of hydrogen-bond donors (Lipinski definition) is 0. The van der Waals surface area contributed by atoms with E-state index in [2.05, 4.69) is 30.0 Å². The van der Waals surface area contributed by atoms with E-state index in [1.54, 1.807) is 40.2 Å². The molecule has 0 N–H and O–H groups in total. The Balaban J connectivity index is 1.57. The molecule has 0 spiro atoms. The number of piperidine rings is 1. The van der Waals surface area contributed by atoms with E-state index in [1.165, 1.54) is 9.75 Å². The van der Waals surface area contributed by atoms with E-state index in [1.807, 2.05) is 13.0 Å². The number of aryl methyl sites for hydroxylation is 2. The molecule has 3 aromatic rings. The molecule has 0 radical (unpaired) electrons. The minimum atomic E-state index is -0.277. The summed E-state index contributed by atoms with van der Waals surface area (Å²) >= 11 is 1.73. The van der Waals surface area contributed by atoms with Gasteiger partial charge in [-0.1, -0.05) is 0 Å². The molecule has 4 rings (SSSR count). The van der Waals surface area contributed by atoms with Gasteiger partial charge >= 0.3 is 5.97 Å². The number of hydrogen-bond acceptors (Lipinski definition) is 7. The SMILES string of the molecule is CCOC(=O)[C@@H]1CCCN(C(=O)c2cnn(-c3nccc(-c4cc(C)sc4C)n3)c2C)C1. The molecule has 1 aliphatic rings. The second-order valence-electron chi connectivity index (χ2n) is 7.97. The molecule has 1 saturated heterocycles. The average Bonchev–Trinajstić information content (AvgIpc) is 3.34. The van der Waals surface area contributed by atoms with Crippen LogP contribution in [0.25, 0.3) is 17.2 Å². The van der Waals surface area contributed by atoms with Crippen LogP contribution >= 0.6 is 11.3 Å². The van der Waals surface area contributed by atoms with Gasteiger partial charge in [0.15, 0.2) is 0 Å². The molecule has 4 heterocycles. The fraction of sp³-hybridized carbons (Fsp3) is 0.435. The maximum Gasteiger partial charge on any atom is 0.310 e. The van der Waals surface area contributed by atoms with Crippen LogP contribution in [0.5, 0.6) is 0 Å². The molecule has 0 aromatic carbocycles. The van der Waals surface area contributed by atoms with Crippen molar-refractivity contribution in [3.63, 3.8) is 0 Å². The van der Waals surface area contributed by atoms with E-state index in [9.17, 15) is 9.59 Å². The second-order valence-corrected chi connectivity index (χ2v) is 9.43. The molecule has 3 aromatic heterocycles. The smallest absolute Gasteiger partial charge is 0.310 e. The molecule has 8 nitrogen and oxygen atoms in total. The van der Waals surface area contributed by atoms with Crippen LogP contribution in [0.1, 0.15) is 45.6 Å². The van der Waals surface area contributed by atoms with Gasteiger partial charge in [-0.05, 0) is 52.7 Å². The Labute approximate surface area is 191 Å². The van der Waals surface area contributed by atoms with Crippen LogP contribution in [0, 0.1) is 26.7 Å². The zero-order valence-corrected chi connectivity index (χ0v) is 19.6. The summed E-state index contributed by atoms with van der Waals surface area (Å²) < 4.78 is 6.74. The minimum absolute atomic E-state index is 0.136. The van der Waals surface area contributed by atoms with Crippen LogP contribution < -0.4 is 0 Å². The van der Waals surface area contributed by atoms with Gasteiger partial charge in [0.25, 0.3) is 11.9 Å². The van der Waals surface area contributed by atoms with Crippen molar-refractivity contribution >= 4 is 23.2 Å². The van der Waals surface area contributed by atoms with E-state index in [0.29, 0.717) is 36.9 Å². The average molecular weight is 454 g/mol. The lowest BCUT2D eigenvalue weighted by Gasteiger charge is -2.31. The molecule has 0 saturated carbocycles. The van der Waals surface area contributed by atoms with Crippen molar-refractivity contribution in [3.8, 4) is 17.2 Å². The Morgan fingerprint density at radius 2 is 2.09 bits per heavy atom. The topological polar surface area (TPSA) is 90.2 Å². The van der Waals surface area contributed by atoms with Crippen LogP contribution in [-0.4, -0.2) is 56.2 Å². The summed E-state index contributed by atoms with van der Waals surface area (Å²) in [5, 5.41) is 4.40. The maximum atomic E-state index is 13.2. The number of rotatable bonds is 5. The lowest BCUT2D eigenvalue weighted by molar-refractivity contribution is -0.149. The summed E-state index contributed by atoms with van der Waals surface area (Å²) in [6.07, 6.45) is 4.78. The second kappa shape index (κ2) is 9.20. The van der Waals surface area contributed by atoms with Crippen molar-refractivity contribution in [1.82, 2.24) is 24.6 Å². The van der Waals surface area contributed by atoms with Crippen LogP contribution in [0.2, 0.25) is 0 Å². The molecule has 0 unspecified atom stereocenters. The predicted octanol–water partition coefficient (Wildman–Crippen LogP) is 3.73. The highest BCUT2D eigenvalue weighted by molar-refractivity contribution is 7.12. The molecule has 1 fully saturated rings. The van der Waals surface area contributed by atoms with E-state index in [0.717, 1.165) is 24.1 Å². The molecular weight excluding hydrogens is 426 g/mol. The summed E-state index contributed by atoms with van der Waals surface area (Å²) in [6.45, 7) is 9.10. The number of ether oxygens (including phenoxy) is 1. The Morgan fingerprint density at radius 1 is 1.28 bits per heavy atom. The number of amides is 1. The Bertz CT molecular complexity index is 1150. The molecule has 1 aliphatic heterocycles. The normalized spacial score (nSPS) is 16.2. The van der Waals surface area contributed by atoms with E-state index in [4.69, 9.17) is 9.72 Å². The van der Waals surface area contributed by atoms with Gasteiger partial charge in [0, 0.05) is 34.6 Å². The Morgan fingerprint density at radius 3 is 2.81 bits per heavy atom. The van der Waals surface area contributed by atoms with E-state index < -0.39 is 0 Å². The molecule has 32 heavy (non-hydrogen) atoms. The first-order valence-electron chi connectivity index (χ1n) is 10.8. The van der Waals surface area contributed by atoms with Crippen molar-refractivity contribution in [3.05, 3.63) is 45.5 Å². The molecule has 0 bridgehead atoms. The Kier molecular flexibility index (Phi) is 6.36. The summed E-state index contributed by atoms with van der Waals surface area (Å²) in [4.78, 5) is 38.6. The lowest BCUT2D eigenvalue weighted by Crippen LogP contribution is -2.43. The van der Waals surface area contributed by atoms with Gasteiger partial charge in [0.2, 0.25) is 0 Å². The fourth-order valence-corrected chi connectivity index (χ4v) is 5.02. The molecule has 1 amide bonds. The van der Waals surface area contributed by atoms with Gasteiger partial charge in [0.05, 0.1) is 35.7 Å². The number of thiophene rings is 1. The number of carbonyl (C=O) groups is 2. The van der Waals surface area contributed by atoms with Crippen molar-refractivity contribution in [2.75, 3.05) is 19.7 Å². The largest absolute Gasteiger partial charge is 0.466 e. The number of esters is 1. The highest BCUT2D eigenvalue weighted by atomic mass is 32.1. The van der Waals surface area contributed by atoms with E-state index in [-0.39, 0.29) is 17.8 Å².